The first-order valence-corrected chi connectivity index (χ1v) is 14.7. The number of halogens is 2. The molecule has 2 N–H and O–H groups in total. The van der Waals surface area contributed by atoms with Gasteiger partial charge in [0.1, 0.15) is 27.5 Å². The van der Waals surface area contributed by atoms with Crippen LogP contribution in [-0.2, 0) is 22.7 Å². The van der Waals surface area contributed by atoms with E-state index in [-0.39, 0.29) is 30.3 Å². The van der Waals surface area contributed by atoms with Crippen LogP contribution >= 0.6 is 39.7 Å². The molecule has 14 heteroatoms. The molecular formula is C29H30BrClN6O5S. The monoisotopic (exact) mass is 688 g/mol. The number of carbonyl (C=O) groups is 2. The van der Waals surface area contributed by atoms with Crippen molar-refractivity contribution < 1.29 is 23.8 Å². The Labute approximate surface area is 268 Å². The summed E-state index contributed by atoms with van der Waals surface area (Å²) in [5, 5.41) is 6.77. The molecule has 43 heavy (non-hydrogen) atoms. The molecule has 0 bridgehead atoms. The first-order chi connectivity index (χ1) is 20.5. The molecule has 1 aliphatic rings. The predicted octanol–water partition coefficient (Wildman–Crippen LogP) is 5.83. The van der Waals surface area contributed by atoms with Gasteiger partial charge in [0.15, 0.2) is 5.75 Å². The van der Waals surface area contributed by atoms with Crippen LogP contribution in [0.15, 0.2) is 64.9 Å². The van der Waals surface area contributed by atoms with Gasteiger partial charge in [-0.2, -0.15) is 0 Å². The third kappa shape index (κ3) is 8.39. The van der Waals surface area contributed by atoms with E-state index < -0.39 is 17.6 Å². The number of nitrogens with one attached hydrogen (secondary N) is 2. The lowest BCUT2D eigenvalue weighted by Crippen LogP contribution is -2.47. The highest BCUT2D eigenvalue weighted by Crippen LogP contribution is 2.33. The van der Waals surface area contributed by atoms with Gasteiger partial charge in [0.05, 0.1) is 47.7 Å². The Morgan fingerprint density at radius 3 is 2.70 bits per heavy atom. The predicted molar refractivity (Wildman–Crippen MR) is 169 cm³/mol. The number of methoxy groups -OCH3 is 1. The molecule has 2 aromatic heterocycles. The quantitative estimate of drug-likeness (QED) is 0.264. The molecule has 3 aromatic rings. The number of amides is 2. The number of rotatable bonds is 9. The van der Waals surface area contributed by atoms with Gasteiger partial charge in [-0.3, -0.25) is 14.8 Å². The van der Waals surface area contributed by atoms with Crippen molar-refractivity contribution in [3.8, 4) is 11.5 Å². The van der Waals surface area contributed by atoms with Gasteiger partial charge in [0.25, 0.3) is 5.91 Å². The molecule has 1 aromatic carbocycles. The van der Waals surface area contributed by atoms with Gasteiger partial charge in [-0.25, -0.2) is 14.7 Å². The van der Waals surface area contributed by atoms with E-state index in [1.165, 1.54) is 7.11 Å². The van der Waals surface area contributed by atoms with Gasteiger partial charge in [-0.05, 0) is 54.9 Å². The average Bonchev–Trinajstić information content (AvgIpc) is 2.94. The molecule has 0 spiro atoms. The number of hydrogen-bond acceptors (Lipinski definition) is 10. The Morgan fingerprint density at radius 2 is 1.98 bits per heavy atom. The van der Waals surface area contributed by atoms with Crippen molar-refractivity contribution >= 4 is 62.4 Å². The molecule has 0 radical (unpaired) electrons. The van der Waals surface area contributed by atoms with Gasteiger partial charge in [0, 0.05) is 37.0 Å². The Balaban J connectivity index is 1.60. The molecule has 226 valence electrons. The van der Waals surface area contributed by atoms with E-state index in [4.69, 9.17) is 38.0 Å². The molecule has 3 heterocycles. The van der Waals surface area contributed by atoms with Crippen molar-refractivity contribution in [1.29, 1.82) is 0 Å². The van der Waals surface area contributed by atoms with E-state index >= 15 is 0 Å². The summed E-state index contributed by atoms with van der Waals surface area (Å²) in [7, 11) is 1.48. The molecular weight excluding hydrogens is 660 g/mol. The van der Waals surface area contributed by atoms with Crippen molar-refractivity contribution in [2.45, 2.75) is 45.9 Å². The zero-order valence-electron chi connectivity index (χ0n) is 23.9. The van der Waals surface area contributed by atoms with Crippen molar-refractivity contribution in [2.24, 2.45) is 0 Å². The molecule has 0 saturated carbocycles. The Morgan fingerprint density at radius 1 is 1.19 bits per heavy atom. The van der Waals surface area contributed by atoms with Crippen LogP contribution in [-0.4, -0.2) is 56.1 Å². The lowest BCUT2D eigenvalue weighted by molar-refractivity contribution is -0.126. The number of imide groups is 1. The van der Waals surface area contributed by atoms with E-state index in [1.54, 1.807) is 69.8 Å². The second-order valence-corrected chi connectivity index (χ2v) is 11.9. The first kappa shape index (κ1) is 32.1. The summed E-state index contributed by atoms with van der Waals surface area (Å²) in [6.07, 6.45) is 6.01. The van der Waals surface area contributed by atoms with E-state index in [2.05, 4.69) is 41.5 Å². The summed E-state index contributed by atoms with van der Waals surface area (Å²) in [5.74, 6) is 0.296. The number of carbonyl (C=O) groups excluding carboxylic acids is 2. The van der Waals surface area contributed by atoms with Crippen LogP contribution in [0.1, 0.15) is 38.4 Å². The lowest BCUT2D eigenvalue weighted by atomic mass is 10.0. The summed E-state index contributed by atoms with van der Waals surface area (Å²) in [6, 6.07) is 6.93. The molecule has 0 unspecified atom stereocenters. The number of aromatic nitrogens is 3. The normalized spacial score (nSPS) is 13.4. The molecule has 0 atom stereocenters. The van der Waals surface area contributed by atoms with Gasteiger partial charge in [-0.1, -0.05) is 29.9 Å². The molecule has 0 saturated heterocycles. The number of benzene rings is 1. The maximum absolute atomic E-state index is 13.8. The van der Waals surface area contributed by atoms with Gasteiger partial charge in [-0.15, -0.1) is 0 Å². The fraction of sp³-hybridized carbons (Fsp3) is 0.310. The van der Waals surface area contributed by atoms with Crippen LogP contribution in [0.2, 0.25) is 5.02 Å². The summed E-state index contributed by atoms with van der Waals surface area (Å²) >= 11 is 15.3. The van der Waals surface area contributed by atoms with Crippen molar-refractivity contribution in [2.75, 3.05) is 19.0 Å². The molecule has 4 rings (SSSR count). The third-order valence-electron chi connectivity index (χ3n) is 6.00. The molecule has 2 amide bonds. The topological polar surface area (TPSA) is 128 Å². The molecule has 0 aliphatic carbocycles. The zero-order valence-corrected chi connectivity index (χ0v) is 27.1. The highest BCUT2D eigenvalue weighted by Gasteiger charge is 2.36. The third-order valence-corrected chi connectivity index (χ3v) is 6.99. The summed E-state index contributed by atoms with van der Waals surface area (Å²) in [6.45, 7) is 5.76. The largest absolute Gasteiger partial charge is 0.493 e. The van der Waals surface area contributed by atoms with Gasteiger partial charge >= 0.3 is 6.09 Å². The number of pyridine rings is 1. The molecule has 1 aliphatic heterocycles. The Bertz CT molecular complexity index is 1560. The summed E-state index contributed by atoms with van der Waals surface area (Å²) in [4.78, 5) is 40.5. The molecule has 0 fully saturated rings. The van der Waals surface area contributed by atoms with Crippen LogP contribution in [0.4, 0.5) is 10.5 Å². The number of anilines is 1. The van der Waals surface area contributed by atoms with Crippen LogP contribution in [0.3, 0.4) is 0 Å². The van der Waals surface area contributed by atoms with Crippen molar-refractivity contribution in [1.82, 2.24) is 25.2 Å². The number of para-hydroxylation sites is 1. The minimum atomic E-state index is -0.786. The number of hydrogen-bond donors (Lipinski definition) is 2. The highest BCUT2D eigenvalue weighted by molar-refractivity contribution is 9.10. The minimum Gasteiger partial charge on any atom is -0.493 e. The second kappa shape index (κ2) is 14.1. The molecule has 11 nitrogen and oxygen atoms in total. The van der Waals surface area contributed by atoms with Crippen molar-refractivity contribution in [3.05, 3.63) is 81.2 Å². The number of nitrogens with zero attached hydrogens (tertiary/aromatic N) is 4. The summed E-state index contributed by atoms with van der Waals surface area (Å²) < 4.78 is 17.5. The lowest BCUT2D eigenvalue weighted by Gasteiger charge is -2.31. The average molecular weight is 690 g/mol. The number of ether oxygens (including phenoxy) is 3. The maximum atomic E-state index is 13.8. The van der Waals surface area contributed by atoms with E-state index in [1.807, 2.05) is 0 Å². The van der Waals surface area contributed by atoms with Gasteiger partial charge in [0.2, 0.25) is 0 Å². The van der Waals surface area contributed by atoms with Crippen LogP contribution < -0.4 is 20.1 Å². The zero-order chi connectivity index (χ0) is 31.1. The number of thiocarbonyl (C=S) groups is 1. The second-order valence-electron chi connectivity index (χ2n) is 10.3. The van der Waals surface area contributed by atoms with E-state index in [0.29, 0.717) is 44.6 Å². The SMILES string of the molecule is COc1c(Cl)cccc1NC(=S)C1=C(NCc2ccncc2OCc2cncc(Br)n2)CCN(C(=O)OC(C)(C)C)C1=O. The summed E-state index contributed by atoms with van der Waals surface area (Å²) in [5.41, 5.74) is 1.76. The minimum absolute atomic E-state index is 0.0840. The first-order valence-electron chi connectivity index (χ1n) is 13.1. The van der Waals surface area contributed by atoms with Crippen LogP contribution in [0.25, 0.3) is 0 Å². The van der Waals surface area contributed by atoms with Crippen LogP contribution in [0, 0.1) is 0 Å². The Hall–Kier alpha value is -3.81. The standard InChI is InChI=1S/C29H30BrClN6O5S/c1-29(2,3)42-28(39)37-11-9-20(24(27(37)38)26(43)36-21-7-5-6-19(31)25(21)40-4)34-12-17-8-10-32-14-22(17)41-16-18-13-33-15-23(30)35-18/h5-8,10,13-15,34H,9,11-12,16H2,1-4H3,(H,36,43). The highest BCUT2D eigenvalue weighted by atomic mass is 79.9. The van der Waals surface area contributed by atoms with E-state index in [0.717, 1.165) is 10.5 Å². The maximum Gasteiger partial charge on any atom is 0.417 e. The fourth-order valence-corrected chi connectivity index (χ4v) is 5.02. The Kier molecular flexibility index (Phi) is 10.5. The van der Waals surface area contributed by atoms with Crippen molar-refractivity contribution in [3.63, 3.8) is 0 Å². The van der Waals surface area contributed by atoms with Gasteiger partial charge < -0.3 is 24.8 Å². The smallest absolute Gasteiger partial charge is 0.417 e. The van der Waals surface area contributed by atoms with Crippen LogP contribution in [0.5, 0.6) is 11.5 Å². The van der Waals surface area contributed by atoms with E-state index in [9.17, 15) is 9.59 Å². The fourth-order valence-electron chi connectivity index (χ4n) is 4.10.